The predicted molar refractivity (Wildman–Crippen MR) is 125 cm³/mol. The van der Waals surface area contributed by atoms with E-state index in [2.05, 4.69) is 34.4 Å². The Labute approximate surface area is 181 Å². The SMILES string of the molecule is C=C(NCCCC)c1csc(-c2cnc(NC(=O)NCC)cc2-c2ccccc2)n1. The molecule has 0 aliphatic rings. The molecule has 0 aliphatic carbocycles. The number of hydrogen-bond donors (Lipinski definition) is 3. The number of carbonyl (C=O) groups excluding carboxylic acids is 1. The topological polar surface area (TPSA) is 78.9 Å². The van der Waals surface area contributed by atoms with Crippen molar-refractivity contribution in [1.82, 2.24) is 20.6 Å². The van der Waals surface area contributed by atoms with E-state index in [1.165, 1.54) is 0 Å². The first-order valence-corrected chi connectivity index (χ1v) is 11.0. The average molecular weight is 422 g/mol. The van der Waals surface area contributed by atoms with E-state index in [0.29, 0.717) is 12.4 Å². The molecule has 0 aliphatic heterocycles. The van der Waals surface area contributed by atoms with Crippen LogP contribution in [0.1, 0.15) is 32.4 Å². The van der Waals surface area contributed by atoms with Gasteiger partial charge in [0.15, 0.2) is 0 Å². The molecule has 3 aromatic rings. The van der Waals surface area contributed by atoms with Gasteiger partial charge in [-0.25, -0.2) is 14.8 Å². The maximum Gasteiger partial charge on any atom is 0.320 e. The highest BCUT2D eigenvalue weighted by molar-refractivity contribution is 7.13. The fourth-order valence-electron chi connectivity index (χ4n) is 2.91. The van der Waals surface area contributed by atoms with Crippen molar-refractivity contribution in [3.05, 3.63) is 60.2 Å². The summed E-state index contributed by atoms with van der Waals surface area (Å²) >= 11 is 1.56. The molecule has 0 spiro atoms. The molecule has 2 amide bonds. The van der Waals surface area contributed by atoms with Crippen molar-refractivity contribution in [2.75, 3.05) is 18.4 Å². The minimum absolute atomic E-state index is 0.275. The molecule has 3 N–H and O–H groups in total. The Morgan fingerprint density at radius 1 is 1.13 bits per heavy atom. The van der Waals surface area contributed by atoms with E-state index in [0.717, 1.165) is 52.5 Å². The third-order valence-electron chi connectivity index (χ3n) is 4.48. The average Bonchev–Trinajstić information content (AvgIpc) is 3.25. The number of anilines is 1. The van der Waals surface area contributed by atoms with E-state index < -0.39 is 0 Å². The first-order valence-electron chi connectivity index (χ1n) is 10.1. The van der Waals surface area contributed by atoms with E-state index in [1.807, 2.05) is 48.7 Å². The molecule has 0 fully saturated rings. The number of aromatic nitrogens is 2. The van der Waals surface area contributed by atoms with E-state index in [9.17, 15) is 4.79 Å². The summed E-state index contributed by atoms with van der Waals surface area (Å²) in [5.74, 6) is 0.492. The summed E-state index contributed by atoms with van der Waals surface area (Å²) in [6, 6.07) is 11.6. The largest absolute Gasteiger partial charge is 0.384 e. The maximum atomic E-state index is 11.9. The van der Waals surface area contributed by atoms with Crippen molar-refractivity contribution in [1.29, 1.82) is 0 Å². The van der Waals surface area contributed by atoms with Gasteiger partial charge in [-0.1, -0.05) is 50.3 Å². The van der Waals surface area contributed by atoms with Gasteiger partial charge >= 0.3 is 6.03 Å². The van der Waals surface area contributed by atoms with Gasteiger partial charge in [0, 0.05) is 30.2 Å². The van der Waals surface area contributed by atoms with E-state index >= 15 is 0 Å². The van der Waals surface area contributed by atoms with Crippen LogP contribution in [0.4, 0.5) is 10.6 Å². The standard InChI is InChI=1S/C23H27N5OS/c1-4-6-12-25-16(3)20-15-30-22(27-20)19-14-26-21(28-23(29)24-5-2)13-18(19)17-10-8-7-9-11-17/h7-11,13-15,25H,3-6,12H2,1-2H3,(H2,24,26,28,29). The van der Waals surface area contributed by atoms with Crippen molar-refractivity contribution < 1.29 is 4.79 Å². The molecule has 1 aromatic carbocycles. The quantitative estimate of drug-likeness (QED) is 0.406. The van der Waals surface area contributed by atoms with Crippen molar-refractivity contribution in [3.8, 4) is 21.7 Å². The molecule has 0 radical (unpaired) electrons. The van der Waals surface area contributed by atoms with Crippen LogP contribution in [0.15, 0.2) is 54.6 Å². The molecule has 0 unspecified atom stereocenters. The van der Waals surface area contributed by atoms with Crippen molar-refractivity contribution in [2.24, 2.45) is 0 Å². The zero-order chi connectivity index (χ0) is 21.3. The molecule has 0 saturated carbocycles. The summed E-state index contributed by atoms with van der Waals surface area (Å²) in [5, 5.41) is 11.7. The highest BCUT2D eigenvalue weighted by Gasteiger charge is 2.15. The zero-order valence-electron chi connectivity index (χ0n) is 17.4. The van der Waals surface area contributed by atoms with Gasteiger partial charge in [-0.3, -0.25) is 5.32 Å². The predicted octanol–water partition coefficient (Wildman–Crippen LogP) is 5.37. The molecule has 0 bridgehead atoms. The second-order valence-corrected chi connectivity index (χ2v) is 7.62. The summed E-state index contributed by atoms with van der Waals surface area (Å²) in [5.41, 5.74) is 4.58. The van der Waals surface area contributed by atoms with Gasteiger partial charge in [0.1, 0.15) is 10.8 Å². The lowest BCUT2D eigenvalue weighted by atomic mass is 10.0. The Bertz CT molecular complexity index is 1000. The van der Waals surface area contributed by atoms with Gasteiger partial charge < -0.3 is 10.6 Å². The van der Waals surface area contributed by atoms with Crippen LogP contribution in [0.2, 0.25) is 0 Å². The fraction of sp³-hybridized carbons (Fsp3) is 0.261. The number of amides is 2. The number of urea groups is 1. The van der Waals surface area contributed by atoms with Gasteiger partial charge in [-0.05, 0) is 30.5 Å². The van der Waals surface area contributed by atoms with Crippen molar-refractivity contribution in [3.63, 3.8) is 0 Å². The van der Waals surface area contributed by atoms with Crippen molar-refractivity contribution in [2.45, 2.75) is 26.7 Å². The van der Waals surface area contributed by atoms with Gasteiger partial charge in [-0.2, -0.15) is 0 Å². The third kappa shape index (κ3) is 5.45. The summed E-state index contributed by atoms with van der Waals surface area (Å²) in [4.78, 5) is 21.1. The Hall–Kier alpha value is -3.19. The fourth-order valence-corrected chi connectivity index (χ4v) is 3.77. The number of unbranched alkanes of at least 4 members (excludes halogenated alkanes) is 1. The molecule has 7 heteroatoms. The molecule has 156 valence electrons. The molecule has 0 saturated heterocycles. The molecular formula is C23H27N5OS. The normalized spacial score (nSPS) is 10.5. The van der Waals surface area contributed by atoms with Crippen molar-refractivity contribution >= 4 is 28.9 Å². The van der Waals surface area contributed by atoms with Crippen LogP contribution in [0.3, 0.4) is 0 Å². The summed E-state index contributed by atoms with van der Waals surface area (Å²) < 4.78 is 0. The number of rotatable bonds is 9. The molecule has 30 heavy (non-hydrogen) atoms. The lowest BCUT2D eigenvalue weighted by molar-refractivity contribution is 0.252. The van der Waals surface area contributed by atoms with Crippen LogP contribution in [0.25, 0.3) is 27.4 Å². The van der Waals surface area contributed by atoms with E-state index in [-0.39, 0.29) is 6.03 Å². The molecule has 2 heterocycles. The highest BCUT2D eigenvalue weighted by Crippen LogP contribution is 2.35. The zero-order valence-corrected chi connectivity index (χ0v) is 18.2. The van der Waals surface area contributed by atoms with E-state index in [1.54, 1.807) is 17.5 Å². The minimum atomic E-state index is -0.275. The molecule has 6 nitrogen and oxygen atoms in total. The van der Waals surface area contributed by atoms with Crippen LogP contribution in [-0.4, -0.2) is 29.1 Å². The number of thiazole rings is 1. The highest BCUT2D eigenvalue weighted by atomic mass is 32.1. The Morgan fingerprint density at radius 3 is 2.67 bits per heavy atom. The van der Waals surface area contributed by atoms with Gasteiger partial charge in [0.05, 0.1) is 11.4 Å². The van der Waals surface area contributed by atoms with Gasteiger partial charge in [-0.15, -0.1) is 11.3 Å². The van der Waals surface area contributed by atoms with Crippen LogP contribution >= 0.6 is 11.3 Å². The lowest BCUT2D eigenvalue weighted by Gasteiger charge is -2.11. The van der Waals surface area contributed by atoms with Gasteiger partial charge in [0.25, 0.3) is 0 Å². The second-order valence-electron chi connectivity index (χ2n) is 6.76. The molecule has 0 atom stereocenters. The number of benzene rings is 1. The smallest absolute Gasteiger partial charge is 0.320 e. The molecule has 2 aromatic heterocycles. The van der Waals surface area contributed by atoms with Gasteiger partial charge in [0.2, 0.25) is 0 Å². The second kappa shape index (κ2) is 10.5. The number of carbonyl (C=O) groups is 1. The Balaban J connectivity index is 1.92. The van der Waals surface area contributed by atoms with E-state index in [4.69, 9.17) is 4.98 Å². The first kappa shape index (κ1) is 21.5. The third-order valence-corrected chi connectivity index (χ3v) is 5.36. The first-order chi connectivity index (χ1) is 14.6. The van der Waals surface area contributed by atoms with Crippen LogP contribution < -0.4 is 16.0 Å². The monoisotopic (exact) mass is 421 g/mol. The molecular weight excluding hydrogens is 394 g/mol. The lowest BCUT2D eigenvalue weighted by Crippen LogP contribution is -2.28. The van der Waals surface area contributed by atoms with Crippen LogP contribution in [-0.2, 0) is 0 Å². The summed E-state index contributed by atoms with van der Waals surface area (Å²) in [7, 11) is 0. The van der Waals surface area contributed by atoms with Crippen LogP contribution in [0, 0.1) is 0 Å². The Kier molecular flexibility index (Phi) is 7.57. The molecule has 3 rings (SSSR count). The number of nitrogens with one attached hydrogen (secondary N) is 3. The number of nitrogens with zero attached hydrogens (tertiary/aromatic N) is 2. The number of hydrogen-bond acceptors (Lipinski definition) is 5. The van der Waals surface area contributed by atoms with Crippen LogP contribution in [0.5, 0.6) is 0 Å². The summed E-state index contributed by atoms with van der Waals surface area (Å²) in [6.45, 7) is 9.58. The maximum absolute atomic E-state index is 11.9. The Morgan fingerprint density at radius 2 is 1.93 bits per heavy atom. The summed E-state index contributed by atoms with van der Waals surface area (Å²) in [6.07, 6.45) is 3.99. The number of pyridine rings is 1. The minimum Gasteiger partial charge on any atom is -0.384 e.